The van der Waals surface area contributed by atoms with Gasteiger partial charge >= 0.3 is 0 Å². The van der Waals surface area contributed by atoms with Crippen LogP contribution in [0.1, 0.15) is 16.8 Å². The third-order valence-electron chi connectivity index (χ3n) is 2.40. The quantitative estimate of drug-likeness (QED) is 0.827. The Bertz CT molecular complexity index is 501. The average Bonchev–Trinajstić information content (AvgIpc) is 2.29. The molecule has 0 spiro atoms. The first-order chi connectivity index (χ1) is 7.75. The van der Waals surface area contributed by atoms with E-state index in [0.717, 1.165) is 11.3 Å². The van der Waals surface area contributed by atoms with Gasteiger partial charge in [-0.1, -0.05) is 42.5 Å². The van der Waals surface area contributed by atoms with Crippen LogP contribution < -0.4 is 5.73 Å². The number of hydrogen-bond donors (Lipinski definition) is 1. The lowest BCUT2D eigenvalue weighted by atomic mass is 10.1. The lowest BCUT2D eigenvalue weighted by Crippen LogP contribution is -1.93. The highest BCUT2D eigenvalue weighted by atomic mass is 14.8. The fourth-order valence-electron chi connectivity index (χ4n) is 1.52. The summed E-state index contributed by atoms with van der Waals surface area (Å²) in [4.78, 5) is 4.21. The van der Waals surface area contributed by atoms with Crippen LogP contribution in [0.3, 0.4) is 0 Å². The van der Waals surface area contributed by atoms with Gasteiger partial charge in [0, 0.05) is 5.69 Å². The number of nitrogens with two attached hydrogens (primary N) is 1. The zero-order valence-corrected chi connectivity index (χ0v) is 9.22. The number of aromatic nitrogens is 1. The summed E-state index contributed by atoms with van der Waals surface area (Å²) in [7, 11) is 0. The van der Waals surface area contributed by atoms with Gasteiger partial charge in [0.2, 0.25) is 0 Å². The number of rotatable bonds is 2. The van der Waals surface area contributed by atoms with Gasteiger partial charge in [-0.25, -0.2) is 4.98 Å². The third-order valence-corrected chi connectivity index (χ3v) is 2.40. The van der Waals surface area contributed by atoms with Gasteiger partial charge in [-0.2, -0.15) is 0 Å². The van der Waals surface area contributed by atoms with E-state index in [2.05, 4.69) is 29.3 Å². The van der Waals surface area contributed by atoms with Crippen molar-refractivity contribution in [3.63, 3.8) is 0 Å². The zero-order chi connectivity index (χ0) is 11.4. The lowest BCUT2D eigenvalue weighted by Gasteiger charge is -2.00. The summed E-state index contributed by atoms with van der Waals surface area (Å²) in [5, 5.41) is 0. The van der Waals surface area contributed by atoms with Crippen molar-refractivity contribution in [2.45, 2.75) is 6.92 Å². The molecule has 1 aromatic carbocycles. The molecule has 0 aliphatic rings. The van der Waals surface area contributed by atoms with Crippen LogP contribution in [0.5, 0.6) is 0 Å². The van der Waals surface area contributed by atoms with Crippen LogP contribution in [0.2, 0.25) is 0 Å². The first-order valence-corrected chi connectivity index (χ1v) is 5.22. The summed E-state index contributed by atoms with van der Waals surface area (Å²) in [6.45, 7) is 1.96. The van der Waals surface area contributed by atoms with Crippen LogP contribution in [-0.4, -0.2) is 4.98 Å². The summed E-state index contributed by atoms with van der Waals surface area (Å²) < 4.78 is 0. The van der Waals surface area contributed by atoms with E-state index in [4.69, 9.17) is 5.73 Å². The molecule has 0 aliphatic carbocycles. The number of aryl methyl sites for hydroxylation is 1. The molecule has 2 nitrogen and oxygen atoms in total. The summed E-state index contributed by atoms with van der Waals surface area (Å²) in [6.07, 6.45) is 4.12. The van der Waals surface area contributed by atoms with E-state index < -0.39 is 0 Å². The van der Waals surface area contributed by atoms with Gasteiger partial charge < -0.3 is 5.73 Å². The van der Waals surface area contributed by atoms with Crippen LogP contribution in [-0.2, 0) is 0 Å². The second-order valence-electron chi connectivity index (χ2n) is 3.65. The predicted molar refractivity (Wildman–Crippen MR) is 68.8 cm³/mol. The Morgan fingerprint density at radius 3 is 2.44 bits per heavy atom. The van der Waals surface area contributed by atoms with Gasteiger partial charge in [0.1, 0.15) is 5.82 Å². The maximum Gasteiger partial charge on any atom is 0.123 e. The molecule has 0 fully saturated rings. The lowest BCUT2D eigenvalue weighted by molar-refractivity contribution is 1.20. The van der Waals surface area contributed by atoms with Crippen LogP contribution >= 0.6 is 0 Å². The summed E-state index contributed by atoms with van der Waals surface area (Å²) in [5.41, 5.74) is 8.83. The molecule has 16 heavy (non-hydrogen) atoms. The van der Waals surface area contributed by atoms with Crippen LogP contribution in [0, 0.1) is 6.92 Å². The first kappa shape index (κ1) is 10.4. The zero-order valence-electron chi connectivity index (χ0n) is 9.22. The monoisotopic (exact) mass is 210 g/mol. The van der Waals surface area contributed by atoms with Crippen LogP contribution in [0.4, 0.5) is 5.82 Å². The van der Waals surface area contributed by atoms with Crippen molar-refractivity contribution in [3.8, 4) is 0 Å². The van der Waals surface area contributed by atoms with Crippen molar-refractivity contribution in [2.24, 2.45) is 0 Å². The van der Waals surface area contributed by atoms with E-state index in [1.54, 1.807) is 0 Å². The number of nitrogen functional groups attached to an aromatic ring is 1. The minimum Gasteiger partial charge on any atom is -0.384 e. The summed E-state index contributed by atoms with van der Waals surface area (Å²) >= 11 is 0. The molecule has 0 bridgehead atoms. The topological polar surface area (TPSA) is 38.9 Å². The van der Waals surface area contributed by atoms with E-state index in [9.17, 15) is 0 Å². The molecular formula is C14H14N2. The summed E-state index contributed by atoms with van der Waals surface area (Å²) in [6, 6.07) is 14.0. The highest BCUT2D eigenvalue weighted by Gasteiger charge is 1.95. The van der Waals surface area contributed by atoms with Crippen molar-refractivity contribution in [2.75, 3.05) is 5.73 Å². The predicted octanol–water partition coefficient (Wildman–Crippen LogP) is 3.14. The molecule has 2 heteroatoms. The number of pyridine rings is 1. The smallest absolute Gasteiger partial charge is 0.123 e. The second kappa shape index (κ2) is 4.62. The normalized spacial score (nSPS) is 10.8. The average molecular weight is 210 g/mol. The number of anilines is 1. The first-order valence-electron chi connectivity index (χ1n) is 5.22. The minimum atomic E-state index is 0.564. The van der Waals surface area contributed by atoms with Gasteiger partial charge in [0.25, 0.3) is 0 Å². The van der Waals surface area contributed by atoms with Crippen molar-refractivity contribution >= 4 is 18.0 Å². The molecule has 0 aliphatic heterocycles. The highest BCUT2D eigenvalue weighted by Crippen LogP contribution is 2.12. The molecule has 2 N–H and O–H groups in total. The number of benzene rings is 1. The van der Waals surface area contributed by atoms with Gasteiger partial charge in [0.15, 0.2) is 0 Å². The van der Waals surface area contributed by atoms with Gasteiger partial charge in [0.05, 0.1) is 0 Å². The van der Waals surface area contributed by atoms with Crippen molar-refractivity contribution in [3.05, 3.63) is 59.3 Å². The fourth-order valence-corrected chi connectivity index (χ4v) is 1.52. The Hall–Kier alpha value is -2.09. The maximum absolute atomic E-state index is 5.60. The molecule has 2 rings (SSSR count). The molecule has 0 amide bonds. The van der Waals surface area contributed by atoms with Gasteiger partial charge in [-0.15, -0.1) is 0 Å². The number of hydrogen-bond acceptors (Lipinski definition) is 2. The van der Waals surface area contributed by atoms with Gasteiger partial charge in [-0.05, 0) is 30.2 Å². The summed E-state index contributed by atoms with van der Waals surface area (Å²) in [5.74, 6) is 0.564. The number of nitrogens with zero attached hydrogens (tertiary/aromatic N) is 1. The Morgan fingerprint density at radius 2 is 1.75 bits per heavy atom. The SMILES string of the molecule is Cc1nc(N)ccc1C=Cc1ccccc1. The Labute approximate surface area is 95.5 Å². The van der Waals surface area contributed by atoms with Crippen molar-refractivity contribution in [1.29, 1.82) is 0 Å². The molecular weight excluding hydrogens is 196 g/mol. The fraction of sp³-hybridized carbons (Fsp3) is 0.0714. The van der Waals surface area contributed by atoms with Crippen molar-refractivity contribution < 1.29 is 0 Å². The Kier molecular flexibility index (Phi) is 3.01. The molecule has 0 unspecified atom stereocenters. The van der Waals surface area contributed by atoms with E-state index in [1.165, 1.54) is 5.56 Å². The van der Waals surface area contributed by atoms with E-state index >= 15 is 0 Å². The maximum atomic E-state index is 5.60. The minimum absolute atomic E-state index is 0.564. The standard InChI is InChI=1S/C14H14N2/c1-11-13(9-10-14(15)16-11)8-7-12-5-3-2-4-6-12/h2-10H,1H3,(H2,15,16). The molecule has 1 aromatic heterocycles. The second-order valence-corrected chi connectivity index (χ2v) is 3.65. The largest absolute Gasteiger partial charge is 0.384 e. The van der Waals surface area contributed by atoms with Crippen molar-refractivity contribution in [1.82, 2.24) is 4.98 Å². The molecule has 0 saturated heterocycles. The molecule has 0 saturated carbocycles. The molecule has 1 heterocycles. The Balaban J connectivity index is 2.24. The van der Waals surface area contributed by atoms with E-state index in [1.807, 2.05) is 37.3 Å². The van der Waals surface area contributed by atoms with Gasteiger partial charge in [-0.3, -0.25) is 0 Å². The molecule has 2 aromatic rings. The van der Waals surface area contributed by atoms with E-state index in [0.29, 0.717) is 5.82 Å². The van der Waals surface area contributed by atoms with E-state index in [-0.39, 0.29) is 0 Å². The highest BCUT2D eigenvalue weighted by molar-refractivity contribution is 5.70. The molecule has 80 valence electrons. The third kappa shape index (κ3) is 2.48. The molecule has 0 radical (unpaired) electrons. The van der Waals surface area contributed by atoms with Crippen LogP contribution in [0.15, 0.2) is 42.5 Å². The Morgan fingerprint density at radius 1 is 1.00 bits per heavy atom. The molecule has 0 atom stereocenters. The van der Waals surface area contributed by atoms with Crippen LogP contribution in [0.25, 0.3) is 12.2 Å².